The third-order valence-electron chi connectivity index (χ3n) is 4.84. The van der Waals surface area contributed by atoms with E-state index in [1.54, 1.807) is 11.3 Å². The van der Waals surface area contributed by atoms with Crippen LogP contribution >= 0.6 is 11.3 Å². The van der Waals surface area contributed by atoms with Crippen molar-refractivity contribution in [2.45, 2.75) is 45.4 Å². The maximum absolute atomic E-state index is 10.4. The molecule has 5 nitrogen and oxygen atoms in total. The lowest BCUT2D eigenvalue weighted by atomic mass is 10.0. The average Bonchev–Trinajstić information content (AvgIpc) is 3.24. The van der Waals surface area contributed by atoms with Gasteiger partial charge in [-0.05, 0) is 44.7 Å². The van der Waals surface area contributed by atoms with Crippen LogP contribution in [-0.4, -0.2) is 45.6 Å². The van der Waals surface area contributed by atoms with Gasteiger partial charge in [0.2, 0.25) is 0 Å². The largest absolute Gasteiger partial charge is 0.389 e. The highest BCUT2D eigenvalue weighted by atomic mass is 32.1. The third kappa shape index (κ3) is 3.88. The molecule has 0 bridgehead atoms. The number of hydrogen-bond donors (Lipinski definition) is 1. The monoisotopic (exact) mass is 349 g/mol. The smallest absolute Gasteiger partial charge is 0.0900 e. The number of rotatable bonds is 7. The molecule has 24 heavy (non-hydrogen) atoms. The highest BCUT2D eigenvalue weighted by Gasteiger charge is 2.31. The van der Waals surface area contributed by atoms with Crippen LogP contribution in [0.15, 0.2) is 17.5 Å². The van der Waals surface area contributed by atoms with Crippen LogP contribution in [0.4, 0.5) is 0 Å². The van der Waals surface area contributed by atoms with Crippen molar-refractivity contribution in [3.63, 3.8) is 0 Å². The Balaban J connectivity index is 1.55. The molecule has 0 spiro atoms. The Morgan fingerprint density at radius 2 is 2.29 bits per heavy atom. The van der Waals surface area contributed by atoms with Crippen molar-refractivity contribution in [3.8, 4) is 0 Å². The molecule has 6 heteroatoms. The molecule has 1 aliphatic heterocycles. The van der Waals surface area contributed by atoms with E-state index in [1.165, 1.54) is 22.6 Å². The van der Waals surface area contributed by atoms with Crippen LogP contribution in [0.25, 0.3) is 0 Å². The van der Waals surface area contributed by atoms with Crippen LogP contribution in [0, 0.1) is 13.8 Å². The zero-order chi connectivity index (χ0) is 17.1. The molecule has 1 saturated heterocycles. The molecule has 0 aromatic carbocycles. The van der Waals surface area contributed by atoms with Crippen LogP contribution in [0.2, 0.25) is 0 Å². The second kappa shape index (κ2) is 7.78. The van der Waals surface area contributed by atoms with Gasteiger partial charge in [0.1, 0.15) is 0 Å². The van der Waals surface area contributed by atoms with Crippen LogP contribution < -0.4 is 0 Å². The molecule has 2 aromatic rings. The average molecular weight is 350 g/mol. The van der Waals surface area contributed by atoms with Crippen LogP contribution in [0.1, 0.15) is 40.7 Å². The first kappa shape index (κ1) is 17.6. The van der Waals surface area contributed by atoms with E-state index in [0.717, 1.165) is 18.7 Å². The number of ether oxygens (including phenoxy) is 1. The Morgan fingerprint density at radius 3 is 2.96 bits per heavy atom. The third-order valence-corrected chi connectivity index (χ3v) is 5.69. The van der Waals surface area contributed by atoms with Crippen LogP contribution in [0.3, 0.4) is 0 Å². The summed E-state index contributed by atoms with van der Waals surface area (Å²) in [5, 5.41) is 17.0. The van der Waals surface area contributed by atoms with Crippen LogP contribution in [-0.2, 0) is 18.4 Å². The Labute approximate surface area is 147 Å². The number of aryl methyl sites for hydroxylation is 2. The van der Waals surface area contributed by atoms with Gasteiger partial charge in [-0.3, -0.25) is 9.58 Å². The fraction of sp³-hybridized carbons (Fsp3) is 0.611. The van der Waals surface area contributed by atoms with E-state index in [0.29, 0.717) is 25.8 Å². The highest BCUT2D eigenvalue weighted by molar-refractivity contribution is 7.09. The van der Waals surface area contributed by atoms with Gasteiger partial charge in [0.25, 0.3) is 0 Å². The summed E-state index contributed by atoms with van der Waals surface area (Å²) in [6.45, 7) is 6.86. The Hall–Kier alpha value is -1.21. The van der Waals surface area contributed by atoms with Gasteiger partial charge in [0.05, 0.1) is 25.0 Å². The number of aliphatic hydroxyl groups excluding tert-OH is 1. The minimum absolute atomic E-state index is 0.366. The summed E-state index contributed by atoms with van der Waals surface area (Å²) in [5.41, 5.74) is 3.67. The summed E-state index contributed by atoms with van der Waals surface area (Å²) < 4.78 is 7.62. The lowest BCUT2D eigenvalue weighted by molar-refractivity contribution is 0.00840. The lowest BCUT2D eigenvalue weighted by Gasteiger charge is -2.27. The van der Waals surface area contributed by atoms with E-state index >= 15 is 0 Å². The molecular formula is C18H27N3O2S. The Morgan fingerprint density at radius 1 is 1.46 bits per heavy atom. The predicted octanol–water partition coefficient (Wildman–Crippen LogP) is 2.81. The second-order valence-corrected chi connectivity index (χ2v) is 7.64. The van der Waals surface area contributed by atoms with Crippen molar-refractivity contribution < 1.29 is 9.84 Å². The summed E-state index contributed by atoms with van der Waals surface area (Å²) in [4.78, 5) is 3.58. The van der Waals surface area contributed by atoms with Crippen molar-refractivity contribution in [3.05, 3.63) is 39.3 Å². The van der Waals surface area contributed by atoms with E-state index in [9.17, 15) is 5.11 Å². The van der Waals surface area contributed by atoms with Crippen molar-refractivity contribution in [1.29, 1.82) is 0 Å². The van der Waals surface area contributed by atoms with Gasteiger partial charge in [0, 0.05) is 35.8 Å². The normalized spacial score (nSPS) is 19.9. The van der Waals surface area contributed by atoms with Gasteiger partial charge < -0.3 is 9.84 Å². The number of thiophene rings is 1. The molecule has 132 valence electrons. The van der Waals surface area contributed by atoms with Crippen molar-refractivity contribution in [2.24, 2.45) is 7.05 Å². The van der Waals surface area contributed by atoms with Gasteiger partial charge in [-0.25, -0.2) is 0 Å². The first-order chi connectivity index (χ1) is 11.6. The first-order valence-corrected chi connectivity index (χ1v) is 9.46. The van der Waals surface area contributed by atoms with E-state index in [1.807, 2.05) is 23.2 Å². The molecule has 3 heterocycles. The van der Waals surface area contributed by atoms with Crippen molar-refractivity contribution in [1.82, 2.24) is 14.7 Å². The SMILES string of the molecule is Cc1nn(C)c(C)c1[C@H]1CCCN1C[C@H](O)COCc1cccs1. The standard InChI is InChI=1S/C18H27N3O2S/c1-13-18(14(2)20(3)19-13)17-7-4-8-21(17)10-15(22)11-23-12-16-6-5-9-24-16/h5-6,9,15,17,22H,4,7-8,10-12H2,1-3H3/t15-,17+/m0/s1. The summed E-state index contributed by atoms with van der Waals surface area (Å²) >= 11 is 1.68. The molecule has 0 amide bonds. The molecule has 0 aliphatic carbocycles. The molecule has 1 N–H and O–H groups in total. The Kier molecular flexibility index (Phi) is 5.71. The van der Waals surface area contributed by atoms with Gasteiger partial charge in [-0.15, -0.1) is 11.3 Å². The number of aromatic nitrogens is 2. The summed E-state index contributed by atoms with van der Waals surface area (Å²) in [7, 11) is 2.00. The molecule has 3 rings (SSSR count). The second-order valence-electron chi connectivity index (χ2n) is 6.61. The summed E-state index contributed by atoms with van der Waals surface area (Å²) in [6.07, 6.45) is 1.85. The van der Waals surface area contributed by atoms with E-state index in [-0.39, 0.29) is 0 Å². The maximum atomic E-state index is 10.4. The fourth-order valence-corrected chi connectivity index (χ4v) is 4.30. The fourth-order valence-electron chi connectivity index (χ4n) is 3.66. The maximum Gasteiger partial charge on any atom is 0.0900 e. The summed E-state index contributed by atoms with van der Waals surface area (Å²) in [5.74, 6) is 0. The molecule has 2 aromatic heterocycles. The van der Waals surface area contributed by atoms with E-state index in [2.05, 4.69) is 29.9 Å². The number of aliphatic hydroxyl groups is 1. The molecule has 2 atom stereocenters. The Bertz CT molecular complexity index is 654. The number of hydrogen-bond acceptors (Lipinski definition) is 5. The molecule has 0 radical (unpaired) electrons. The number of nitrogens with zero attached hydrogens (tertiary/aromatic N) is 3. The van der Waals surface area contributed by atoms with Gasteiger partial charge in [-0.2, -0.15) is 5.10 Å². The predicted molar refractivity (Wildman–Crippen MR) is 96.2 cm³/mol. The van der Waals surface area contributed by atoms with Crippen molar-refractivity contribution in [2.75, 3.05) is 19.7 Å². The van der Waals surface area contributed by atoms with Gasteiger partial charge in [-0.1, -0.05) is 6.07 Å². The quantitative estimate of drug-likeness (QED) is 0.835. The summed E-state index contributed by atoms with van der Waals surface area (Å²) in [6, 6.07) is 4.44. The molecule has 0 saturated carbocycles. The van der Waals surface area contributed by atoms with Crippen molar-refractivity contribution >= 4 is 11.3 Å². The molecule has 1 fully saturated rings. The molecule has 1 aliphatic rings. The van der Waals surface area contributed by atoms with Gasteiger partial charge >= 0.3 is 0 Å². The minimum Gasteiger partial charge on any atom is -0.389 e. The van der Waals surface area contributed by atoms with Crippen LogP contribution in [0.5, 0.6) is 0 Å². The first-order valence-electron chi connectivity index (χ1n) is 8.58. The lowest BCUT2D eigenvalue weighted by Crippen LogP contribution is -2.35. The van der Waals surface area contributed by atoms with Gasteiger partial charge in [0.15, 0.2) is 0 Å². The zero-order valence-electron chi connectivity index (χ0n) is 14.7. The highest BCUT2D eigenvalue weighted by Crippen LogP contribution is 2.35. The molecular weight excluding hydrogens is 322 g/mol. The number of likely N-dealkylation sites (tertiary alicyclic amines) is 1. The topological polar surface area (TPSA) is 50.5 Å². The van der Waals surface area contributed by atoms with E-state index < -0.39 is 6.10 Å². The zero-order valence-corrected chi connectivity index (χ0v) is 15.6. The minimum atomic E-state index is -0.456. The van der Waals surface area contributed by atoms with E-state index in [4.69, 9.17) is 4.74 Å². The number of β-amino-alcohol motifs (C(OH)–C–C–N with tert-alkyl or cyclic N) is 1. The molecule has 0 unspecified atom stereocenters.